The monoisotopic (exact) mass is 217 g/mol. The average Bonchev–Trinajstić information content (AvgIpc) is 2.25. The molecule has 0 amide bonds. The Morgan fingerprint density at radius 1 is 1.57 bits per heavy atom. The predicted octanol–water partition coefficient (Wildman–Crippen LogP) is 2.68. The number of hydrogen-bond acceptors (Lipinski definition) is 2. The summed E-state index contributed by atoms with van der Waals surface area (Å²) in [7, 11) is 0. The van der Waals surface area contributed by atoms with Crippen LogP contribution in [0, 0.1) is 0 Å². The standard InChI is InChI=1S/C11H20ClNO/c1-10(8-12)9-13-6-5-11-4-2-3-7-14-11/h8,11,13H,2-7,9H2,1H3. The quantitative estimate of drug-likeness (QED) is 0.715. The molecule has 1 aliphatic rings. The molecule has 0 radical (unpaired) electrons. The van der Waals surface area contributed by atoms with Crippen LogP contribution in [0.2, 0.25) is 0 Å². The first-order valence-electron chi connectivity index (χ1n) is 5.41. The SMILES string of the molecule is CC(=CCl)CNCCC1CCCCO1. The highest BCUT2D eigenvalue weighted by atomic mass is 35.5. The maximum Gasteiger partial charge on any atom is 0.0587 e. The lowest BCUT2D eigenvalue weighted by Gasteiger charge is -2.22. The van der Waals surface area contributed by atoms with Crippen molar-refractivity contribution in [3.8, 4) is 0 Å². The third kappa shape index (κ3) is 4.99. The van der Waals surface area contributed by atoms with E-state index >= 15 is 0 Å². The summed E-state index contributed by atoms with van der Waals surface area (Å²) in [5.41, 5.74) is 2.81. The van der Waals surface area contributed by atoms with Crippen molar-refractivity contribution in [2.45, 2.75) is 38.7 Å². The highest BCUT2D eigenvalue weighted by Gasteiger charge is 2.12. The molecule has 1 rings (SSSR count). The van der Waals surface area contributed by atoms with Gasteiger partial charge in [-0.25, -0.2) is 0 Å². The van der Waals surface area contributed by atoms with Crippen LogP contribution >= 0.6 is 11.6 Å². The maximum absolute atomic E-state index is 5.63. The Morgan fingerprint density at radius 2 is 2.43 bits per heavy atom. The molecule has 1 aliphatic heterocycles. The summed E-state index contributed by atoms with van der Waals surface area (Å²) >= 11 is 5.55. The normalized spacial score (nSPS) is 23.9. The largest absolute Gasteiger partial charge is 0.378 e. The first kappa shape index (κ1) is 12.0. The minimum atomic E-state index is 0.483. The molecule has 82 valence electrons. The molecular weight excluding hydrogens is 198 g/mol. The van der Waals surface area contributed by atoms with Gasteiger partial charge in [0, 0.05) is 18.7 Å². The molecule has 2 nitrogen and oxygen atoms in total. The smallest absolute Gasteiger partial charge is 0.0587 e. The number of nitrogens with one attached hydrogen (secondary N) is 1. The van der Waals surface area contributed by atoms with Gasteiger partial charge in [0.2, 0.25) is 0 Å². The summed E-state index contributed by atoms with van der Waals surface area (Å²) < 4.78 is 5.63. The van der Waals surface area contributed by atoms with E-state index in [1.54, 1.807) is 5.54 Å². The molecule has 0 spiro atoms. The molecule has 1 saturated heterocycles. The zero-order chi connectivity index (χ0) is 10.2. The van der Waals surface area contributed by atoms with E-state index in [2.05, 4.69) is 5.32 Å². The highest BCUT2D eigenvalue weighted by Crippen LogP contribution is 2.14. The third-order valence-electron chi connectivity index (χ3n) is 2.51. The van der Waals surface area contributed by atoms with Crippen molar-refractivity contribution in [1.82, 2.24) is 5.32 Å². The summed E-state index contributed by atoms with van der Waals surface area (Å²) in [5.74, 6) is 0. The second-order valence-electron chi connectivity index (χ2n) is 3.91. The molecule has 1 N–H and O–H groups in total. The van der Waals surface area contributed by atoms with Gasteiger partial charge < -0.3 is 10.1 Å². The average molecular weight is 218 g/mol. The van der Waals surface area contributed by atoms with Crippen LogP contribution in [-0.4, -0.2) is 25.8 Å². The Bertz CT molecular complexity index is 176. The highest BCUT2D eigenvalue weighted by molar-refractivity contribution is 6.25. The topological polar surface area (TPSA) is 21.3 Å². The minimum absolute atomic E-state index is 0.483. The molecule has 0 bridgehead atoms. The fourth-order valence-corrected chi connectivity index (χ4v) is 1.70. The third-order valence-corrected chi connectivity index (χ3v) is 2.88. The molecule has 0 aromatic rings. The number of hydrogen-bond donors (Lipinski definition) is 1. The zero-order valence-electron chi connectivity index (χ0n) is 8.89. The lowest BCUT2D eigenvalue weighted by atomic mass is 10.1. The van der Waals surface area contributed by atoms with Crippen molar-refractivity contribution < 1.29 is 4.74 Å². The van der Waals surface area contributed by atoms with E-state index in [0.717, 1.165) is 26.1 Å². The van der Waals surface area contributed by atoms with E-state index in [0.29, 0.717) is 6.10 Å². The molecule has 1 heterocycles. The van der Waals surface area contributed by atoms with Gasteiger partial charge in [-0.2, -0.15) is 0 Å². The lowest BCUT2D eigenvalue weighted by Crippen LogP contribution is -2.26. The van der Waals surface area contributed by atoms with E-state index in [1.165, 1.54) is 24.8 Å². The zero-order valence-corrected chi connectivity index (χ0v) is 9.65. The molecule has 1 fully saturated rings. The van der Waals surface area contributed by atoms with Gasteiger partial charge in [-0.1, -0.05) is 11.6 Å². The van der Waals surface area contributed by atoms with E-state index in [1.807, 2.05) is 6.92 Å². The second-order valence-corrected chi connectivity index (χ2v) is 4.13. The van der Waals surface area contributed by atoms with Gasteiger partial charge in [0.25, 0.3) is 0 Å². The van der Waals surface area contributed by atoms with E-state index < -0.39 is 0 Å². The van der Waals surface area contributed by atoms with Crippen LogP contribution in [0.3, 0.4) is 0 Å². The number of rotatable bonds is 5. The first-order chi connectivity index (χ1) is 6.83. The molecule has 1 atom stereocenters. The maximum atomic E-state index is 5.63. The Morgan fingerprint density at radius 3 is 3.07 bits per heavy atom. The molecule has 0 aromatic carbocycles. The predicted molar refractivity (Wildman–Crippen MR) is 60.7 cm³/mol. The van der Waals surface area contributed by atoms with Crippen LogP contribution in [0.5, 0.6) is 0 Å². The van der Waals surface area contributed by atoms with Gasteiger partial charge in [0.05, 0.1) is 6.10 Å². The molecule has 0 saturated carbocycles. The van der Waals surface area contributed by atoms with Crippen LogP contribution in [0.4, 0.5) is 0 Å². The second kappa shape index (κ2) is 7.27. The van der Waals surface area contributed by atoms with Gasteiger partial charge in [0.1, 0.15) is 0 Å². The van der Waals surface area contributed by atoms with Crippen molar-refractivity contribution >= 4 is 11.6 Å². The summed E-state index contributed by atoms with van der Waals surface area (Å²) in [6.07, 6.45) is 5.39. The minimum Gasteiger partial charge on any atom is -0.378 e. The van der Waals surface area contributed by atoms with Gasteiger partial charge >= 0.3 is 0 Å². The van der Waals surface area contributed by atoms with Gasteiger partial charge in [-0.15, -0.1) is 0 Å². The van der Waals surface area contributed by atoms with Crippen molar-refractivity contribution in [3.63, 3.8) is 0 Å². The number of ether oxygens (including phenoxy) is 1. The molecule has 14 heavy (non-hydrogen) atoms. The van der Waals surface area contributed by atoms with Crippen molar-refractivity contribution in [1.29, 1.82) is 0 Å². The van der Waals surface area contributed by atoms with Crippen LogP contribution in [0.25, 0.3) is 0 Å². The van der Waals surface area contributed by atoms with Crippen molar-refractivity contribution in [3.05, 3.63) is 11.1 Å². The van der Waals surface area contributed by atoms with Crippen LogP contribution in [-0.2, 0) is 4.74 Å². The molecule has 0 aromatic heterocycles. The van der Waals surface area contributed by atoms with E-state index in [-0.39, 0.29) is 0 Å². The lowest BCUT2D eigenvalue weighted by molar-refractivity contribution is 0.0117. The fourth-order valence-electron chi connectivity index (χ4n) is 1.62. The summed E-state index contributed by atoms with van der Waals surface area (Å²) in [6.45, 7) is 4.88. The van der Waals surface area contributed by atoms with Crippen molar-refractivity contribution in [2.75, 3.05) is 19.7 Å². The Hall–Kier alpha value is -0.0500. The van der Waals surface area contributed by atoms with Crippen LogP contribution in [0.1, 0.15) is 32.6 Å². The van der Waals surface area contributed by atoms with Gasteiger partial charge in [-0.05, 0) is 44.7 Å². The Balaban J connectivity index is 1.97. The molecule has 0 aliphatic carbocycles. The van der Waals surface area contributed by atoms with E-state index in [4.69, 9.17) is 16.3 Å². The number of halogens is 1. The van der Waals surface area contributed by atoms with Crippen LogP contribution < -0.4 is 5.32 Å². The Kier molecular flexibility index (Phi) is 6.24. The summed E-state index contributed by atoms with van der Waals surface area (Å²) in [5, 5.41) is 3.35. The summed E-state index contributed by atoms with van der Waals surface area (Å²) in [6, 6.07) is 0. The summed E-state index contributed by atoms with van der Waals surface area (Å²) in [4.78, 5) is 0. The van der Waals surface area contributed by atoms with E-state index in [9.17, 15) is 0 Å². The molecular formula is C11H20ClNO. The van der Waals surface area contributed by atoms with Crippen LogP contribution in [0.15, 0.2) is 11.1 Å². The fraction of sp³-hybridized carbons (Fsp3) is 0.818. The first-order valence-corrected chi connectivity index (χ1v) is 5.84. The molecule has 1 unspecified atom stereocenters. The molecule has 3 heteroatoms. The van der Waals surface area contributed by atoms with Gasteiger partial charge in [0.15, 0.2) is 0 Å². The van der Waals surface area contributed by atoms with Gasteiger partial charge in [-0.3, -0.25) is 0 Å². The Labute approximate surface area is 91.7 Å². The van der Waals surface area contributed by atoms with Crippen molar-refractivity contribution in [2.24, 2.45) is 0 Å².